The average molecular weight is 476 g/mol. The van der Waals surface area contributed by atoms with Crippen molar-refractivity contribution in [1.29, 1.82) is 0 Å². The van der Waals surface area contributed by atoms with Gasteiger partial charge in [-0.1, -0.05) is 0 Å². The number of amides is 1. The summed E-state index contributed by atoms with van der Waals surface area (Å²) in [6.45, 7) is 8.75. The van der Waals surface area contributed by atoms with Crippen molar-refractivity contribution in [2.75, 3.05) is 56.2 Å². The van der Waals surface area contributed by atoms with Gasteiger partial charge in [-0.15, -0.1) is 0 Å². The second kappa shape index (κ2) is 9.93. The Balaban J connectivity index is 1.21. The molecule has 9 nitrogen and oxygen atoms in total. The number of piperazine rings is 1. The Kier molecular flexibility index (Phi) is 6.57. The lowest BCUT2D eigenvalue weighted by molar-refractivity contribution is -0.136. The number of aryl methyl sites for hydroxylation is 2. The predicted octanol–water partition coefficient (Wildman–Crippen LogP) is 2.85. The van der Waals surface area contributed by atoms with E-state index in [2.05, 4.69) is 37.0 Å². The molecule has 1 aromatic carbocycles. The molecule has 2 aromatic heterocycles. The normalized spacial score (nSPS) is 18.6. The second-order valence-electron chi connectivity index (χ2n) is 9.37. The molecule has 2 aliphatic heterocycles. The van der Waals surface area contributed by atoms with Gasteiger partial charge in [-0.25, -0.2) is 14.6 Å². The first-order chi connectivity index (χ1) is 17.0. The quantitative estimate of drug-likeness (QED) is 0.561. The Morgan fingerprint density at radius 1 is 0.943 bits per heavy atom. The van der Waals surface area contributed by atoms with Crippen molar-refractivity contribution in [3.05, 3.63) is 54.1 Å². The van der Waals surface area contributed by atoms with Gasteiger partial charge in [-0.3, -0.25) is 4.79 Å². The zero-order chi connectivity index (χ0) is 24.4. The van der Waals surface area contributed by atoms with Crippen LogP contribution in [0.1, 0.15) is 24.2 Å². The van der Waals surface area contributed by atoms with Gasteiger partial charge in [0, 0.05) is 56.7 Å². The number of ether oxygens (including phenoxy) is 1. The third-order valence-electron chi connectivity index (χ3n) is 6.99. The highest BCUT2D eigenvalue weighted by Gasteiger charge is 2.31. The molecular weight excluding hydrogens is 442 g/mol. The molecule has 0 radical (unpaired) electrons. The van der Waals surface area contributed by atoms with Crippen LogP contribution in [0.5, 0.6) is 5.75 Å². The predicted molar refractivity (Wildman–Crippen MR) is 135 cm³/mol. The fourth-order valence-corrected chi connectivity index (χ4v) is 5.11. The zero-order valence-corrected chi connectivity index (χ0v) is 20.7. The molecule has 184 valence electrons. The van der Waals surface area contributed by atoms with Crippen LogP contribution in [0, 0.1) is 19.8 Å². The van der Waals surface area contributed by atoms with Gasteiger partial charge in [-0.05, 0) is 57.0 Å². The smallest absolute Gasteiger partial charge is 0.227 e. The number of nitrogens with zero attached hydrogens (tertiary/aromatic N) is 7. The summed E-state index contributed by atoms with van der Waals surface area (Å²) in [7, 11) is 1.68. The highest BCUT2D eigenvalue weighted by Crippen LogP contribution is 2.26. The fourth-order valence-electron chi connectivity index (χ4n) is 5.11. The van der Waals surface area contributed by atoms with Gasteiger partial charge in [0.25, 0.3) is 0 Å². The van der Waals surface area contributed by atoms with Gasteiger partial charge in [0.2, 0.25) is 5.91 Å². The molecule has 9 heteroatoms. The second-order valence-corrected chi connectivity index (χ2v) is 9.37. The molecule has 1 unspecified atom stereocenters. The van der Waals surface area contributed by atoms with Gasteiger partial charge in [0.1, 0.15) is 17.9 Å². The van der Waals surface area contributed by atoms with Gasteiger partial charge in [-0.2, -0.15) is 5.10 Å². The Morgan fingerprint density at radius 2 is 1.69 bits per heavy atom. The molecule has 5 rings (SSSR count). The number of anilines is 2. The van der Waals surface area contributed by atoms with Crippen molar-refractivity contribution in [2.45, 2.75) is 26.7 Å². The first-order valence-corrected chi connectivity index (χ1v) is 12.3. The van der Waals surface area contributed by atoms with Gasteiger partial charge in [0.15, 0.2) is 5.82 Å². The molecule has 1 amide bonds. The Hall–Kier alpha value is -3.62. The Bertz CT molecular complexity index is 1170. The first-order valence-electron chi connectivity index (χ1n) is 12.3. The molecule has 0 N–H and O–H groups in total. The summed E-state index contributed by atoms with van der Waals surface area (Å²) in [5.74, 6) is 2.71. The summed E-state index contributed by atoms with van der Waals surface area (Å²) >= 11 is 0. The third kappa shape index (κ3) is 4.94. The maximum Gasteiger partial charge on any atom is 0.227 e. The maximum absolute atomic E-state index is 13.4. The van der Waals surface area contributed by atoms with Crippen LogP contribution >= 0.6 is 0 Å². The summed E-state index contributed by atoms with van der Waals surface area (Å²) in [5, 5.41) is 4.54. The molecule has 4 heterocycles. The van der Waals surface area contributed by atoms with Gasteiger partial charge >= 0.3 is 0 Å². The van der Waals surface area contributed by atoms with Crippen LogP contribution < -0.4 is 14.5 Å². The minimum absolute atomic E-state index is 0.0108. The number of benzene rings is 1. The molecule has 0 saturated carbocycles. The van der Waals surface area contributed by atoms with E-state index in [1.54, 1.807) is 13.4 Å². The highest BCUT2D eigenvalue weighted by molar-refractivity contribution is 5.80. The third-order valence-corrected chi connectivity index (χ3v) is 6.99. The fraction of sp³-hybridized carbons (Fsp3) is 0.462. The number of hydrogen-bond acceptors (Lipinski definition) is 7. The van der Waals surface area contributed by atoms with E-state index in [1.165, 1.54) is 5.69 Å². The van der Waals surface area contributed by atoms with Crippen molar-refractivity contribution < 1.29 is 9.53 Å². The Labute approximate surface area is 206 Å². The van der Waals surface area contributed by atoms with Crippen LogP contribution in [0.25, 0.3) is 5.82 Å². The number of rotatable bonds is 5. The lowest BCUT2D eigenvalue weighted by Crippen LogP contribution is -2.52. The number of carbonyl (C=O) groups excluding carboxylic acids is 1. The van der Waals surface area contributed by atoms with Crippen molar-refractivity contribution in [3.63, 3.8) is 0 Å². The molecule has 3 aromatic rings. The summed E-state index contributed by atoms with van der Waals surface area (Å²) < 4.78 is 7.10. The number of carbonyl (C=O) groups is 1. The van der Waals surface area contributed by atoms with Crippen molar-refractivity contribution in [2.24, 2.45) is 5.92 Å². The van der Waals surface area contributed by atoms with Crippen LogP contribution in [0.2, 0.25) is 0 Å². The van der Waals surface area contributed by atoms with Crippen LogP contribution in [-0.2, 0) is 4.79 Å². The molecule has 0 bridgehead atoms. The van der Waals surface area contributed by atoms with E-state index >= 15 is 0 Å². The lowest BCUT2D eigenvalue weighted by Gasteiger charge is -2.40. The number of hydrogen-bond donors (Lipinski definition) is 0. The van der Waals surface area contributed by atoms with E-state index in [0.29, 0.717) is 6.54 Å². The monoisotopic (exact) mass is 475 g/mol. The van der Waals surface area contributed by atoms with E-state index in [4.69, 9.17) is 4.74 Å². The number of methoxy groups -OCH3 is 1. The van der Waals surface area contributed by atoms with E-state index in [9.17, 15) is 4.79 Å². The largest absolute Gasteiger partial charge is 0.497 e. The average Bonchev–Trinajstić information content (AvgIpc) is 3.26. The van der Waals surface area contributed by atoms with Crippen LogP contribution in [-0.4, -0.2) is 76.9 Å². The molecule has 35 heavy (non-hydrogen) atoms. The molecule has 2 saturated heterocycles. The summed E-state index contributed by atoms with van der Waals surface area (Å²) in [6, 6.07) is 12.1. The van der Waals surface area contributed by atoms with E-state index in [-0.39, 0.29) is 11.8 Å². The SMILES string of the molecule is COc1ccc(N2CCN(C(=O)C3CCCN(c4cc(-n5nc(C)cc5C)ncn4)C3)CC2)cc1. The van der Waals surface area contributed by atoms with E-state index in [1.807, 2.05) is 47.7 Å². The molecule has 2 fully saturated rings. The Morgan fingerprint density at radius 3 is 2.37 bits per heavy atom. The first kappa shape index (κ1) is 23.1. The number of piperidine rings is 1. The van der Waals surface area contributed by atoms with E-state index in [0.717, 1.165) is 74.3 Å². The molecule has 2 aliphatic rings. The van der Waals surface area contributed by atoms with Crippen molar-refractivity contribution >= 4 is 17.4 Å². The minimum atomic E-state index is -0.0108. The van der Waals surface area contributed by atoms with E-state index < -0.39 is 0 Å². The highest BCUT2D eigenvalue weighted by atomic mass is 16.5. The van der Waals surface area contributed by atoms with Crippen LogP contribution in [0.3, 0.4) is 0 Å². The molecular formula is C26H33N7O2. The summed E-state index contributed by atoms with van der Waals surface area (Å²) in [4.78, 5) is 28.9. The van der Waals surface area contributed by atoms with Crippen molar-refractivity contribution in [1.82, 2.24) is 24.6 Å². The topological polar surface area (TPSA) is 79.6 Å². The molecule has 0 spiro atoms. The number of aromatic nitrogens is 4. The lowest BCUT2D eigenvalue weighted by atomic mass is 9.96. The van der Waals surface area contributed by atoms with Gasteiger partial charge < -0.3 is 19.4 Å². The van der Waals surface area contributed by atoms with Gasteiger partial charge in [0.05, 0.1) is 18.7 Å². The minimum Gasteiger partial charge on any atom is -0.497 e. The maximum atomic E-state index is 13.4. The standard InChI is InChI=1S/C26H33N7O2/c1-19-15-20(2)33(29-19)25-16-24(27-18-28-25)32-10-4-5-21(17-32)26(34)31-13-11-30(12-14-31)22-6-8-23(35-3)9-7-22/h6-9,15-16,18,21H,4-5,10-14,17H2,1-3H3. The summed E-state index contributed by atoms with van der Waals surface area (Å²) in [5.41, 5.74) is 3.16. The zero-order valence-electron chi connectivity index (χ0n) is 20.7. The molecule has 1 atom stereocenters. The van der Waals surface area contributed by atoms with Crippen LogP contribution in [0.4, 0.5) is 11.5 Å². The van der Waals surface area contributed by atoms with Crippen molar-refractivity contribution in [3.8, 4) is 11.6 Å². The van der Waals surface area contributed by atoms with Crippen LogP contribution in [0.15, 0.2) is 42.7 Å². The molecule has 0 aliphatic carbocycles. The summed E-state index contributed by atoms with van der Waals surface area (Å²) in [6.07, 6.45) is 3.48.